The first-order valence-electron chi connectivity index (χ1n) is 4.21. The second kappa shape index (κ2) is 4.16. The highest BCUT2D eigenvalue weighted by atomic mass is 79.9. The molecule has 2 heterocycles. The lowest BCUT2D eigenvalue weighted by atomic mass is 10.4. The van der Waals surface area contributed by atoms with Crippen LogP contribution in [0.15, 0.2) is 33.2 Å². The van der Waals surface area contributed by atoms with Crippen molar-refractivity contribution in [1.82, 2.24) is 9.55 Å². The maximum Gasteiger partial charge on any atom is 0.204 e. The number of nitrogens with two attached hydrogens (primary N) is 1. The fraction of sp³-hybridized carbons (Fsp3) is 0.111. The Bertz CT molecular complexity index is 534. The first kappa shape index (κ1) is 10.4. The summed E-state index contributed by atoms with van der Waals surface area (Å²) in [5.41, 5.74) is 5.63. The Labute approximate surface area is 98.5 Å². The summed E-state index contributed by atoms with van der Waals surface area (Å²) in [6.07, 6.45) is 5.08. The molecule has 0 radical (unpaired) electrons. The van der Waals surface area contributed by atoms with Crippen LogP contribution >= 0.6 is 27.3 Å². The molecule has 0 bridgehead atoms. The van der Waals surface area contributed by atoms with Crippen molar-refractivity contribution < 1.29 is 0 Å². The molecule has 2 rings (SSSR count). The molecular weight excluding hydrogens is 278 g/mol. The molecule has 0 aromatic carbocycles. The Hall–Kier alpha value is -1.14. The maximum absolute atomic E-state index is 11.1. The van der Waals surface area contributed by atoms with Crippen LogP contribution in [0.4, 0.5) is 5.69 Å². The van der Waals surface area contributed by atoms with Crippen LogP contribution in [0.1, 0.15) is 5.01 Å². The van der Waals surface area contributed by atoms with Crippen molar-refractivity contribution in [2.45, 2.75) is 6.54 Å². The highest BCUT2D eigenvalue weighted by molar-refractivity contribution is 9.11. The van der Waals surface area contributed by atoms with E-state index in [-0.39, 0.29) is 11.1 Å². The van der Waals surface area contributed by atoms with Crippen LogP contribution in [0.3, 0.4) is 0 Å². The van der Waals surface area contributed by atoms with E-state index in [1.807, 2.05) is 4.57 Å². The van der Waals surface area contributed by atoms with Gasteiger partial charge in [-0.3, -0.25) is 4.79 Å². The molecule has 2 aromatic rings. The molecular formula is C9H8BrN3OS. The first-order chi connectivity index (χ1) is 7.15. The third-order valence-corrected chi connectivity index (χ3v) is 3.31. The number of hydrogen-bond donors (Lipinski definition) is 1. The number of nitrogens with zero attached hydrogens (tertiary/aromatic N) is 2. The Kier molecular flexibility index (Phi) is 2.88. The summed E-state index contributed by atoms with van der Waals surface area (Å²) in [7, 11) is 0. The topological polar surface area (TPSA) is 60.9 Å². The molecule has 0 saturated carbocycles. The quantitative estimate of drug-likeness (QED) is 0.914. The van der Waals surface area contributed by atoms with Gasteiger partial charge in [-0.15, -0.1) is 11.3 Å². The van der Waals surface area contributed by atoms with Gasteiger partial charge in [0, 0.05) is 18.5 Å². The molecule has 0 unspecified atom stereocenters. The maximum atomic E-state index is 11.1. The summed E-state index contributed by atoms with van der Waals surface area (Å²) >= 11 is 4.90. The van der Waals surface area contributed by atoms with Crippen molar-refractivity contribution in [3.63, 3.8) is 0 Å². The van der Waals surface area contributed by atoms with E-state index < -0.39 is 0 Å². The van der Waals surface area contributed by atoms with Crippen LogP contribution in [-0.4, -0.2) is 9.55 Å². The molecule has 0 aliphatic rings. The van der Waals surface area contributed by atoms with Crippen molar-refractivity contribution >= 4 is 33.0 Å². The van der Waals surface area contributed by atoms with Crippen molar-refractivity contribution in [3.05, 3.63) is 43.7 Å². The van der Waals surface area contributed by atoms with E-state index in [4.69, 9.17) is 5.73 Å². The lowest BCUT2D eigenvalue weighted by Gasteiger charge is -2.03. The summed E-state index contributed by atoms with van der Waals surface area (Å²) in [5.74, 6) is 0. The molecule has 2 aromatic heterocycles. The summed E-state index contributed by atoms with van der Waals surface area (Å²) in [4.78, 5) is 15.3. The highest BCUT2D eigenvalue weighted by Crippen LogP contribution is 2.19. The van der Waals surface area contributed by atoms with Crippen molar-refractivity contribution in [1.29, 1.82) is 0 Å². The van der Waals surface area contributed by atoms with Crippen LogP contribution in [0, 0.1) is 0 Å². The molecule has 0 aliphatic carbocycles. The van der Waals surface area contributed by atoms with Gasteiger partial charge in [0.15, 0.2) is 0 Å². The van der Waals surface area contributed by atoms with Gasteiger partial charge in [0.2, 0.25) is 5.43 Å². The van der Waals surface area contributed by atoms with Crippen LogP contribution < -0.4 is 11.2 Å². The van der Waals surface area contributed by atoms with Gasteiger partial charge in [0.1, 0.15) is 5.01 Å². The molecule has 78 valence electrons. The van der Waals surface area contributed by atoms with Crippen LogP contribution in [-0.2, 0) is 6.54 Å². The summed E-state index contributed by atoms with van der Waals surface area (Å²) in [6.45, 7) is 0.626. The average molecular weight is 286 g/mol. The predicted molar refractivity (Wildman–Crippen MR) is 64.0 cm³/mol. The van der Waals surface area contributed by atoms with Gasteiger partial charge in [-0.2, -0.15) is 0 Å². The van der Waals surface area contributed by atoms with Crippen LogP contribution in [0.2, 0.25) is 0 Å². The molecule has 0 fully saturated rings. The monoisotopic (exact) mass is 285 g/mol. The highest BCUT2D eigenvalue weighted by Gasteiger charge is 2.01. The fourth-order valence-electron chi connectivity index (χ4n) is 1.16. The predicted octanol–water partition coefficient (Wildman–Crippen LogP) is 1.70. The number of halogens is 1. The van der Waals surface area contributed by atoms with Gasteiger partial charge >= 0.3 is 0 Å². The van der Waals surface area contributed by atoms with E-state index in [1.165, 1.54) is 6.07 Å². The molecule has 0 spiro atoms. The third kappa shape index (κ3) is 2.45. The number of anilines is 1. The molecule has 0 saturated heterocycles. The zero-order valence-corrected chi connectivity index (χ0v) is 10.1. The van der Waals surface area contributed by atoms with Gasteiger partial charge in [0.25, 0.3) is 0 Å². The van der Waals surface area contributed by atoms with E-state index in [2.05, 4.69) is 20.9 Å². The number of thiazole rings is 1. The largest absolute Gasteiger partial charge is 0.394 e. The number of nitrogen functional groups attached to an aromatic ring is 1. The first-order valence-corrected chi connectivity index (χ1v) is 5.82. The number of aromatic nitrogens is 2. The number of hydrogen-bond acceptors (Lipinski definition) is 4. The van der Waals surface area contributed by atoms with E-state index in [0.29, 0.717) is 6.54 Å². The molecule has 6 heteroatoms. The average Bonchev–Trinajstić information content (AvgIpc) is 2.58. The Morgan fingerprint density at radius 2 is 2.40 bits per heavy atom. The van der Waals surface area contributed by atoms with E-state index in [1.54, 1.807) is 29.9 Å². The standard InChI is InChI=1S/C9H8BrN3OS/c10-8-3-12-9(15-8)5-13-2-1-7(14)6(11)4-13/h1-4H,5,11H2. The Morgan fingerprint density at radius 3 is 3.00 bits per heavy atom. The second-order valence-electron chi connectivity index (χ2n) is 2.99. The van der Waals surface area contributed by atoms with Gasteiger partial charge in [0.05, 0.1) is 22.2 Å². The van der Waals surface area contributed by atoms with Gasteiger partial charge in [-0.25, -0.2) is 4.98 Å². The van der Waals surface area contributed by atoms with E-state index in [9.17, 15) is 4.79 Å². The molecule has 2 N–H and O–H groups in total. The van der Waals surface area contributed by atoms with Crippen LogP contribution in [0.25, 0.3) is 0 Å². The minimum absolute atomic E-state index is 0.147. The summed E-state index contributed by atoms with van der Waals surface area (Å²) in [6, 6.07) is 1.46. The lowest BCUT2D eigenvalue weighted by molar-refractivity contribution is 0.784. The van der Waals surface area contributed by atoms with E-state index >= 15 is 0 Å². The van der Waals surface area contributed by atoms with Gasteiger partial charge in [-0.05, 0) is 15.9 Å². The van der Waals surface area contributed by atoms with Crippen molar-refractivity contribution in [2.24, 2.45) is 0 Å². The minimum Gasteiger partial charge on any atom is -0.394 e. The summed E-state index contributed by atoms with van der Waals surface area (Å²) in [5, 5.41) is 0.963. The molecule has 4 nitrogen and oxygen atoms in total. The van der Waals surface area contributed by atoms with E-state index in [0.717, 1.165) is 8.79 Å². The molecule has 0 atom stereocenters. The van der Waals surface area contributed by atoms with Crippen LogP contribution in [0.5, 0.6) is 0 Å². The second-order valence-corrected chi connectivity index (χ2v) is 5.49. The Balaban J connectivity index is 2.25. The SMILES string of the molecule is Nc1cn(Cc2ncc(Br)s2)ccc1=O. The van der Waals surface area contributed by atoms with Gasteiger partial charge in [-0.1, -0.05) is 0 Å². The summed E-state index contributed by atoms with van der Waals surface area (Å²) < 4.78 is 2.83. The lowest BCUT2D eigenvalue weighted by Crippen LogP contribution is -2.11. The third-order valence-electron chi connectivity index (χ3n) is 1.85. The minimum atomic E-state index is -0.147. The van der Waals surface area contributed by atoms with Crippen molar-refractivity contribution in [2.75, 3.05) is 5.73 Å². The molecule has 0 aliphatic heterocycles. The normalized spacial score (nSPS) is 10.5. The zero-order chi connectivity index (χ0) is 10.8. The molecule has 0 amide bonds. The van der Waals surface area contributed by atoms with Gasteiger partial charge < -0.3 is 10.3 Å². The fourth-order valence-corrected chi connectivity index (χ4v) is 2.47. The zero-order valence-electron chi connectivity index (χ0n) is 7.68. The Morgan fingerprint density at radius 1 is 1.60 bits per heavy atom. The smallest absolute Gasteiger partial charge is 0.204 e. The van der Waals surface area contributed by atoms with Crippen molar-refractivity contribution in [3.8, 4) is 0 Å². The number of pyridine rings is 1. The number of rotatable bonds is 2. The molecule has 15 heavy (non-hydrogen) atoms.